The van der Waals surface area contributed by atoms with Gasteiger partial charge in [0.1, 0.15) is 5.75 Å². The van der Waals surface area contributed by atoms with Crippen molar-refractivity contribution in [2.45, 2.75) is 6.54 Å². The number of hydrogen-bond acceptors (Lipinski definition) is 4. The number of amides is 2. The third-order valence-corrected chi connectivity index (χ3v) is 4.78. The third-order valence-electron chi connectivity index (χ3n) is 4.78. The van der Waals surface area contributed by atoms with Crippen LogP contribution in [0.3, 0.4) is 0 Å². The van der Waals surface area contributed by atoms with Gasteiger partial charge in [0.25, 0.3) is 0 Å². The van der Waals surface area contributed by atoms with Crippen LogP contribution in [-0.2, 0) is 16.1 Å². The Labute approximate surface area is 159 Å². The highest BCUT2D eigenvalue weighted by Crippen LogP contribution is 2.28. The van der Waals surface area contributed by atoms with E-state index in [2.05, 4.69) is 4.90 Å². The monoisotopic (exact) mass is 367 g/mol. The minimum Gasteiger partial charge on any atom is -0.495 e. The molecule has 0 N–H and O–H groups in total. The van der Waals surface area contributed by atoms with E-state index >= 15 is 0 Å². The summed E-state index contributed by atoms with van der Waals surface area (Å²) in [5.74, 6) is -0.0892. The molecule has 1 heterocycles. The zero-order valence-corrected chi connectivity index (χ0v) is 15.8. The lowest BCUT2D eigenvalue weighted by atomic mass is 10.2. The van der Waals surface area contributed by atoms with Crippen molar-refractivity contribution in [1.29, 1.82) is 0 Å². The van der Waals surface area contributed by atoms with E-state index in [4.69, 9.17) is 4.74 Å². The second kappa shape index (κ2) is 8.58. The Hall–Kier alpha value is -3.02. The molecule has 0 aromatic heterocycles. The lowest BCUT2D eigenvalue weighted by Gasteiger charge is -2.36. The Bertz CT molecular complexity index is 786. The van der Waals surface area contributed by atoms with Crippen LogP contribution in [0.25, 0.3) is 0 Å². The van der Waals surface area contributed by atoms with Crippen LogP contribution >= 0.6 is 0 Å². The molecule has 1 saturated heterocycles. The number of piperazine rings is 1. The summed E-state index contributed by atoms with van der Waals surface area (Å²) in [5.41, 5.74) is 2.02. The van der Waals surface area contributed by atoms with Crippen LogP contribution in [0.4, 0.5) is 5.69 Å². The molecule has 6 nitrogen and oxygen atoms in total. The normalized spacial score (nSPS) is 14.0. The molecule has 0 bridgehead atoms. The van der Waals surface area contributed by atoms with Crippen molar-refractivity contribution in [2.75, 3.05) is 45.2 Å². The molecule has 142 valence electrons. The molecule has 0 spiro atoms. The lowest BCUT2D eigenvalue weighted by Crippen LogP contribution is -2.52. The predicted molar refractivity (Wildman–Crippen MR) is 105 cm³/mol. The Morgan fingerprint density at radius 2 is 1.59 bits per heavy atom. The van der Waals surface area contributed by atoms with Gasteiger partial charge in [-0.3, -0.25) is 9.59 Å². The molecule has 0 unspecified atom stereocenters. The van der Waals surface area contributed by atoms with Gasteiger partial charge in [0, 0.05) is 39.8 Å². The maximum Gasteiger partial charge on any atom is 0.312 e. The summed E-state index contributed by atoms with van der Waals surface area (Å²) in [6.07, 6.45) is 0. The van der Waals surface area contributed by atoms with Gasteiger partial charge < -0.3 is 19.4 Å². The molecule has 2 aromatic carbocycles. The summed E-state index contributed by atoms with van der Waals surface area (Å²) in [5, 5.41) is 0. The van der Waals surface area contributed by atoms with Crippen molar-refractivity contribution in [3.8, 4) is 5.75 Å². The minimum atomic E-state index is -0.468. The number of benzene rings is 2. The lowest BCUT2D eigenvalue weighted by molar-refractivity contribution is -0.151. The fraction of sp³-hybridized carbons (Fsp3) is 0.333. The van der Waals surface area contributed by atoms with E-state index in [9.17, 15) is 9.59 Å². The number of nitrogens with zero attached hydrogens (tertiary/aromatic N) is 3. The number of carbonyl (C=O) groups is 2. The van der Waals surface area contributed by atoms with Crippen LogP contribution in [-0.4, -0.2) is 62.0 Å². The van der Waals surface area contributed by atoms with Gasteiger partial charge in [-0.15, -0.1) is 0 Å². The van der Waals surface area contributed by atoms with E-state index in [0.29, 0.717) is 32.7 Å². The molecule has 0 radical (unpaired) electrons. The zero-order valence-electron chi connectivity index (χ0n) is 15.8. The van der Waals surface area contributed by atoms with Crippen molar-refractivity contribution < 1.29 is 14.3 Å². The molecule has 3 rings (SSSR count). The molecular formula is C21H25N3O3. The van der Waals surface area contributed by atoms with Crippen molar-refractivity contribution in [1.82, 2.24) is 9.80 Å². The second-order valence-electron chi connectivity index (χ2n) is 6.60. The molecular weight excluding hydrogens is 342 g/mol. The largest absolute Gasteiger partial charge is 0.495 e. The average molecular weight is 367 g/mol. The molecule has 1 aliphatic heterocycles. The smallest absolute Gasteiger partial charge is 0.312 e. The number of ether oxygens (including phenoxy) is 1. The highest BCUT2D eigenvalue weighted by Gasteiger charge is 2.28. The fourth-order valence-electron chi connectivity index (χ4n) is 3.27. The van der Waals surface area contributed by atoms with Crippen molar-refractivity contribution in [2.24, 2.45) is 0 Å². The van der Waals surface area contributed by atoms with E-state index in [1.54, 1.807) is 19.1 Å². The van der Waals surface area contributed by atoms with E-state index in [1.807, 2.05) is 54.6 Å². The highest BCUT2D eigenvalue weighted by atomic mass is 16.5. The number of rotatable bonds is 4. The SMILES string of the molecule is COc1ccccc1N1CCN(C(=O)C(=O)N(C)Cc2ccccc2)CC1. The first-order valence-electron chi connectivity index (χ1n) is 9.06. The summed E-state index contributed by atoms with van der Waals surface area (Å²) in [7, 11) is 3.32. The molecule has 6 heteroatoms. The van der Waals surface area contributed by atoms with Gasteiger partial charge in [-0.1, -0.05) is 42.5 Å². The van der Waals surface area contributed by atoms with Crippen LogP contribution in [0.15, 0.2) is 54.6 Å². The number of likely N-dealkylation sites (N-methyl/N-ethyl adjacent to an activating group) is 1. The summed E-state index contributed by atoms with van der Waals surface area (Å²) < 4.78 is 5.42. The van der Waals surface area contributed by atoms with Crippen LogP contribution in [0.5, 0.6) is 5.75 Å². The van der Waals surface area contributed by atoms with E-state index in [1.165, 1.54) is 4.90 Å². The van der Waals surface area contributed by atoms with Crippen LogP contribution in [0.2, 0.25) is 0 Å². The topological polar surface area (TPSA) is 53.1 Å². The van der Waals surface area contributed by atoms with E-state index < -0.39 is 11.8 Å². The van der Waals surface area contributed by atoms with Crippen molar-refractivity contribution >= 4 is 17.5 Å². The second-order valence-corrected chi connectivity index (χ2v) is 6.60. The first-order valence-corrected chi connectivity index (χ1v) is 9.06. The molecule has 27 heavy (non-hydrogen) atoms. The Balaban J connectivity index is 1.57. The van der Waals surface area contributed by atoms with Gasteiger partial charge >= 0.3 is 11.8 Å². The maximum absolute atomic E-state index is 12.6. The molecule has 0 saturated carbocycles. The van der Waals surface area contributed by atoms with Crippen LogP contribution in [0, 0.1) is 0 Å². The molecule has 0 atom stereocenters. The average Bonchev–Trinajstić information content (AvgIpc) is 2.73. The highest BCUT2D eigenvalue weighted by molar-refractivity contribution is 6.34. The van der Waals surface area contributed by atoms with Gasteiger partial charge in [0.2, 0.25) is 0 Å². The number of anilines is 1. The van der Waals surface area contributed by atoms with E-state index in [-0.39, 0.29) is 0 Å². The molecule has 1 aliphatic rings. The zero-order chi connectivity index (χ0) is 19.2. The Kier molecular flexibility index (Phi) is 5.96. The summed E-state index contributed by atoms with van der Waals surface area (Å²) in [4.78, 5) is 30.4. The summed E-state index contributed by atoms with van der Waals surface area (Å²) in [6.45, 7) is 2.79. The molecule has 2 aromatic rings. The number of hydrogen-bond donors (Lipinski definition) is 0. The first-order chi connectivity index (χ1) is 13.1. The molecule has 2 amide bonds. The molecule has 0 aliphatic carbocycles. The standard InChI is InChI=1S/C21H25N3O3/c1-22(16-17-8-4-3-5-9-17)20(25)21(26)24-14-12-23(13-15-24)18-10-6-7-11-19(18)27-2/h3-11H,12-16H2,1-2H3. The fourth-order valence-corrected chi connectivity index (χ4v) is 3.27. The quantitative estimate of drug-likeness (QED) is 0.776. The number of carbonyl (C=O) groups excluding carboxylic acids is 2. The van der Waals surface area contributed by atoms with Crippen LogP contribution < -0.4 is 9.64 Å². The van der Waals surface area contributed by atoms with Crippen LogP contribution in [0.1, 0.15) is 5.56 Å². The number of para-hydroxylation sites is 2. The van der Waals surface area contributed by atoms with Crippen molar-refractivity contribution in [3.05, 3.63) is 60.2 Å². The van der Waals surface area contributed by atoms with Gasteiger partial charge in [-0.25, -0.2) is 0 Å². The third kappa shape index (κ3) is 4.39. The van der Waals surface area contributed by atoms with Gasteiger partial charge in [-0.05, 0) is 17.7 Å². The Morgan fingerprint density at radius 1 is 0.963 bits per heavy atom. The Morgan fingerprint density at radius 3 is 2.26 bits per heavy atom. The first kappa shape index (κ1) is 18.8. The van der Waals surface area contributed by atoms with Gasteiger partial charge in [-0.2, -0.15) is 0 Å². The van der Waals surface area contributed by atoms with Gasteiger partial charge in [0.05, 0.1) is 12.8 Å². The van der Waals surface area contributed by atoms with Gasteiger partial charge in [0.15, 0.2) is 0 Å². The summed E-state index contributed by atoms with van der Waals surface area (Å²) in [6, 6.07) is 17.5. The van der Waals surface area contributed by atoms with E-state index in [0.717, 1.165) is 17.0 Å². The summed E-state index contributed by atoms with van der Waals surface area (Å²) >= 11 is 0. The molecule has 1 fully saturated rings. The van der Waals surface area contributed by atoms with Crippen molar-refractivity contribution in [3.63, 3.8) is 0 Å². The predicted octanol–water partition coefficient (Wildman–Crippen LogP) is 2.00. The number of methoxy groups -OCH3 is 1. The minimum absolute atomic E-state index is 0.423. The maximum atomic E-state index is 12.6.